The van der Waals surface area contributed by atoms with Crippen LogP contribution >= 0.6 is 7.82 Å². The van der Waals surface area contributed by atoms with Crippen molar-refractivity contribution in [1.82, 2.24) is 0 Å². The molecule has 0 saturated heterocycles. The summed E-state index contributed by atoms with van der Waals surface area (Å²) < 4.78 is 26.2. The number of unbranched alkanes of at least 4 members (excludes halogenated alkanes) is 16. The van der Waals surface area contributed by atoms with Gasteiger partial charge in [0.1, 0.15) is 6.61 Å². The van der Waals surface area contributed by atoms with Gasteiger partial charge in [-0.15, -0.1) is 0 Å². The van der Waals surface area contributed by atoms with Crippen LogP contribution in [0.3, 0.4) is 0 Å². The van der Waals surface area contributed by atoms with Crippen LogP contribution in [0.2, 0.25) is 0 Å². The van der Waals surface area contributed by atoms with Gasteiger partial charge in [0.25, 0.3) is 0 Å². The molecule has 2 N–H and O–H groups in total. The van der Waals surface area contributed by atoms with Gasteiger partial charge < -0.3 is 19.3 Å². The third kappa shape index (κ3) is 35.0. The molecule has 0 spiro atoms. The first-order chi connectivity index (χ1) is 21.8. The molecule has 0 bridgehead atoms. The molecule has 0 fully saturated rings. The summed E-state index contributed by atoms with van der Waals surface area (Å²) in [5.74, 6) is -0.930. The number of carbonyl (C=O) groups excluding carboxylic acids is 2. The van der Waals surface area contributed by atoms with Gasteiger partial charge in [-0.25, -0.2) is 4.57 Å². The highest BCUT2D eigenvalue weighted by Gasteiger charge is 2.22. The minimum atomic E-state index is -4.75. The van der Waals surface area contributed by atoms with Gasteiger partial charge in [-0.05, 0) is 51.4 Å². The molecule has 262 valence electrons. The predicted molar refractivity (Wildman–Crippen MR) is 184 cm³/mol. The quantitative estimate of drug-likeness (QED) is 0.0318. The van der Waals surface area contributed by atoms with Crippen molar-refractivity contribution >= 4 is 19.8 Å². The minimum Gasteiger partial charge on any atom is -0.462 e. The molecule has 0 aromatic carbocycles. The van der Waals surface area contributed by atoms with Crippen molar-refractivity contribution in [3.05, 3.63) is 36.5 Å². The second-order valence-corrected chi connectivity index (χ2v) is 13.1. The summed E-state index contributed by atoms with van der Waals surface area (Å²) in [7, 11) is -4.75. The van der Waals surface area contributed by atoms with Gasteiger partial charge >= 0.3 is 19.8 Å². The zero-order valence-electron chi connectivity index (χ0n) is 28.5. The normalized spacial score (nSPS) is 12.9. The van der Waals surface area contributed by atoms with Crippen LogP contribution in [0.4, 0.5) is 0 Å². The Morgan fingerprint density at radius 3 is 1.53 bits per heavy atom. The van der Waals surface area contributed by atoms with Crippen molar-refractivity contribution in [1.29, 1.82) is 0 Å². The molecule has 9 heteroatoms. The number of esters is 2. The Balaban J connectivity index is 4.07. The van der Waals surface area contributed by atoms with Crippen LogP contribution in [0.1, 0.15) is 162 Å². The maximum absolute atomic E-state index is 12.3. The van der Waals surface area contributed by atoms with Crippen LogP contribution in [0.5, 0.6) is 0 Å². The molecule has 45 heavy (non-hydrogen) atoms. The molecule has 0 unspecified atom stereocenters. The van der Waals surface area contributed by atoms with E-state index in [2.05, 4.69) is 54.8 Å². The number of hydrogen-bond acceptors (Lipinski definition) is 6. The molecule has 0 radical (unpaired) electrons. The lowest BCUT2D eigenvalue weighted by Crippen LogP contribution is -2.29. The monoisotopic (exact) mass is 656 g/mol. The summed E-state index contributed by atoms with van der Waals surface area (Å²) in [6, 6.07) is 0. The van der Waals surface area contributed by atoms with E-state index in [1.54, 1.807) is 0 Å². The second kappa shape index (κ2) is 32.2. The van der Waals surface area contributed by atoms with Crippen LogP contribution in [0.15, 0.2) is 36.5 Å². The SMILES string of the molecule is CCCCC/C=C\C/C=C\C/C=C\CCCCC(=O)O[C@H](COC(=O)CCCCCCCCCCCCCC)COP(=O)(O)O. The van der Waals surface area contributed by atoms with E-state index in [1.165, 1.54) is 77.0 Å². The Labute approximate surface area is 274 Å². The summed E-state index contributed by atoms with van der Waals surface area (Å²) in [6.07, 6.45) is 35.8. The minimum absolute atomic E-state index is 0.164. The molecule has 0 aliphatic heterocycles. The fourth-order valence-electron chi connectivity index (χ4n) is 4.73. The Hall–Kier alpha value is -1.73. The molecule has 0 heterocycles. The Morgan fingerprint density at radius 1 is 0.578 bits per heavy atom. The fourth-order valence-corrected chi connectivity index (χ4v) is 5.09. The zero-order valence-corrected chi connectivity index (χ0v) is 29.4. The van der Waals surface area contributed by atoms with Crippen LogP contribution in [0.25, 0.3) is 0 Å². The number of hydrogen-bond donors (Lipinski definition) is 2. The molecule has 8 nitrogen and oxygen atoms in total. The van der Waals surface area contributed by atoms with Crippen molar-refractivity contribution in [2.45, 2.75) is 168 Å². The van der Waals surface area contributed by atoms with E-state index in [0.717, 1.165) is 51.4 Å². The highest BCUT2D eigenvalue weighted by Crippen LogP contribution is 2.35. The van der Waals surface area contributed by atoms with E-state index in [4.69, 9.17) is 19.3 Å². The summed E-state index contributed by atoms with van der Waals surface area (Å²) in [6.45, 7) is 3.60. The molecule has 0 saturated carbocycles. The highest BCUT2D eigenvalue weighted by molar-refractivity contribution is 7.46. The third-order valence-corrected chi connectivity index (χ3v) is 7.90. The molecule has 1 atom stereocenters. The zero-order chi connectivity index (χ0) is 33.3. The Morgan fingerprint density at radius 2 is 1.00 bits per heavy atom. The van der Waals surface area contributed by atoms with E-state index >= 15 is 0 Å². The summed E-state index contributed by atoms with van der Waals surface area (Å²) >= 11 is 0. The van der Waals surface area contributed by atoms with Crippen LogP contribution in [0, 0.1) is 0 Å². The summed E-state index contributed by atoms with van der Waals surface area (Å²) in [5.41, 5.74) is 0. The lowest BCUT2D eigenvalue weighted by Gasteiger charge is -2.18. The molecule has 0 rings (SSSR count). The Kier molecular flexibility index (Phi) is 31.0. The van der Waals surface area contributed by atoms with E-state index in [0.29, 0.717) is 6.42 Å². The van der Waals surface area contributed by atoms with Crippen LogP contribution < -0.4 is 0 Å². The van der Waals surface area contributed by atoms with E-state index in [1.807, 2.05) is 0 Å². The molecular weight excluding hydrogens is 591 g/mol. The summed E-state index contributed by atoms with van der Waals surface area (Å²) in [5, 5.41) is 0. The molecule has 0 aliphatic carbocycles. The number of carbonyl (C=O) groups is 2. The van der Waals surface area contributed by atoms with Gasteiger partial charge in [-0.1, -0.05) is 134 Å². The van der Waals surface area contributed by atoms with Crippen LogP contribution in [-0.4, -0.2) is 41.0 Å². The average Bonchev–Trinajstić information content (AvgIpc) is 3.00. The van der Waals surface area contributed by atoms with E-state index in [9.17, 15) is 14.2 Å². The van der Waals surface area contributed by atoms with Crippen molar-refractivity contribution in [3.8, 4) is 0 Å². The topological polar surface area (TPSA) is 119 Å². The van der Waals surface area contributed by atoms with Gasteiger partial charge in [0, 0.05) is 12.8 Å². The number of phosphoric acid groups is 1. The van der Waals surface area contributed by atoms with E-state index in [-0.39, 0.29) is 19.4 Å². The first-order valence-corrected chi connectivity index (χ1v) is 19.3. The maximum atomic E-state index is 12.3. The first-order valence-electron chi connectivity index (χ1n) is 17.8. The van der Waals surface area contributed by atoms with Gasteiger partial charge in [-0.2, -0.15) is 0 Å². The molecule has 0 aromatic heterocycles. The number of allylic oxidation sites excluding steroid dienone is 6. The molecule has 0 amide bonds. The average molecular weight is 657 g/mol. The second-order valence-electron chi connectivity index (χ2n) is 11.8. The smallest absolute Gasteiger partial charge is 0.462 e. The summed E-state index contributed by atoms with van der Waals surface area (Å²) in [4.78, 5) is 42.6. The van der Waals surface area contributed by atoms with Crippen molar-refractivity contribution < 1.29 is 37.9 Å². The van der Waals surface area contributed by atoms with Crippen molar-refractivity contribution in [3.63, 3.8) is 0 Å². The van der Waals surface area contributed by atoms with Gasteiger partial charge in [0.05, 0.1) is 6.61 Å². The predicted octanol–water partition coefficient (Wildman–Crippen LogP) is 10.2. The van der Waals surface area contributed by atoms with Gasteiger partial charge in [0.15, 0.2) is 6.10 Å². The molecular formula is C36H65O8P. The molecule has 0 aromatic rings. The van der Waals surface area contributed by atoms with E-state index < -0.39 is 32.5 Å². The third-order valence-electron chi connectivity index (χ3n) is 7.41. The van der Waals surface area contributed by atoms with Gasteiger partial charge in [0.2, 0.25) is 0 Å². The number of ether oxygens (including phenoxy) is 2. The number of rotatable bonds is 32. The maximum Gasteiger partial charge on any atom is 0.469 e. The van der Waals surface area contributed by atoms with Crippen molar-refractivity contribution in [2.75, 3.05) is 13.2 Å². The number of phosphoric ester groups is 1. The Bertz CT molecular complexity index is 833. The van der Waals surface area contributed by atoms with Crippen LogP contribution in [-0.2, 0) is 28.2 Å². The molecule has 0 aliphatic rings. The highest BCUT2D eigenvalue weighted by atomic mass is 31.2. The van der Waals surface area contributed by atoms with Gasteiger partial charge in [-0.3, -0.25) is 14.1 Å². The fraction of sp³-hybridized carbons (Fsp3) is 0.778. The van der Waals surface area contributed by atoms with Crippen molar-refractivity contribution in [2.24, 2.45) is 0 Å². The largest absolute Gasteiger partial charge is 0.469 e. The lowest BCUT2D eigenvalue weighted by molar-refractivity contribution is -0.161. The first kappa shape index (κ1) is 43.3. The standard InChI is InChI=1S/C36H65O8P/c1-3-5-7-9-11-13-15-17-18-19-21-23-25-27-29-31-36(38)44-34(33-43-45(39,40)41)32-42-35(37)30-28-26-24-22-20-16-14-12-10-8-6-4-2/h11,13,17-18,21,23,34H,3-10,12,14-16,19-20,22,24-33H2,1-2H3,(H2,39,40,41)/b13-11-,18-17-,23-21-/t34-/m1/s1. The lowest BCUT2D eigenvalue weighted by atomic mass is 10.0.